The Kier molecular flexibility index (Phi) is 4.90. The SMILES string of the molecule is CCCNC(Cc1cccc(C)c1)c1cscn1. The van der Waals surface area contributed by atoms with Crippen LogP contribution in [-0.4, -0.2) is 11.5 Å². The van der Waals surface area contributed by atoms with Gasteiger partial charge in [0.05, 0.1) is 17.2 Å². The summed E-state index contributed by atoms with van der Waals surface area (Å²) in [6, 6.07) is 9.05. The first-order valence-electron chi connectivity index (χ1n) is 6.46. The van der Waals surface area contributed by atoms with E-state index < -0.39 is 0 Å². The highest BCUT2D eigenvalue weighted by molar-refractivity contribution is 7.07. The molecule has 1 unspecified atom stereocenters. The van der Waals surface area contributed by atoms with Crippen LogP contribution >= 0.6 is 11.3 Å². The van der Waals surface area contributed by atoms with Gasteiger partial charge in [-0.25, -0.2) is 4.98 Å². The van der Waals surface area contributed by atoms with Gasteiger partial charge in [-0.1, -0.05) is 36.8 Å². The maximum atomic E-state index is 4.44. The van der Waals surface area contributed by atoms with Crippen molar-refractivity contribution in [3.8, 4) is 0 Å². The normalized spacial score (nSPS) is 12.6. The third kappa shape index (κ3) is 3.65. The molecule has 0 saturated carbocycles. The van der Waals surface area contributed by atoms with Gasteiger partial charge in [-0.05, 0) is 31.9 Å². The largest absolute Gasteiger partial charge is 0.308 e. The zero-order valence-corrected chi connectivity index (χ0v) is 11.8. The lowest BCUT2D eigenvalue weighted by Crippen LogP contribution is -2.24. The molecule has 1 atom stereocenters. The van der Waals surface area contributed by atoms with Gasteiger partial charge in [-0.2, -0.15) is 0 Å². The third-order valence-electron chi connectivity index (χ3n) is 2.97. The Balaban J connectivity index is 2.10. The van der Waals surface area contributed by atoms with E-state index in [2.05, 4.69) is 53.8 Å². The summed E-state index contributed by atoms with van der Waals surface area (Å²) in [4.78, 5) is 4.44. The topological polar surface area (TPSA) is 24.9 Å². The molecule has 2 aromatic rings. The summed E-state index contributed by atoms with van der Waals surface area (Å²) in [6.07, 6.45) is 2.15. The zero-order chi connectivity index (χ0) is 12.8. The Labute approximate surface area is 113 Å². The molecule has 0 bridgehead atoms. The predicted molar refractivity (Wildman–Crippen MR) is 78.0 cm³/mol. The van der Waals surface area contributed by atoms with Gasteiger partial charge in [-0.3, -0.25) is 0 Å². The van der Waals surface area contributed by atoms with Gasteiger partial charge in [0.15, 0.2) is 0 Å². The lowest BCUT2D eigenvalue weighted by Gasteiger charge is -2.16. The maximum absolute atomic E-state index is 4.44. The number of benzene rings is 1. The fourth-order valence-electron chi connectivity index (χ4n) is 2.07. The quantitative estimate of drug-likeness (QED) is 0.856. The Bertz CT molecular complexity index is 465. The molecule has 18 heavy (non-hydrogen) atoms. The highest BCUT2D eigenvalue weighted by Gasteiger charge is 2.13. The fraction of sp³-hybridized carbons (Fsp3) is 0.400. The maximum Gasteiger partial charge on any atom is 0.0795 e. The summed E-state index contributed by atoms with van der Waals surface area (Å²) in [5.41, 5.74) is 5.76. The van der Waals surface area contributed by atoms with E-state index in [1.54, 1.807) is 11.3 Å². The van der Waals surface area contributed by atoms with Crippen molar-refractivity contribution in [3.05, 3.63) is 52.0 Å². The van der Waals surface area contributed by atoms with E-state index in [9.17, 15) is 0 Å². The van der Waals surface area contributed by atoms with E-state index in [1.165, 1.54) is 11.1 Å². The van der Waals surface area contributed by atoms with Crippen LogP contribution in [0.2, 0.25) is 0 Å². The first kappa shape index (κ1) is 13.2. The van der Waals surface area contributed by atoms with Crippen molar-refractivity contribution in [3.63, 3.8) is 0 Å². The molecule has 3 heteroatoms. The number of aromatic nitrogens is 1. The molecule has 1 aromatic heterocycles. The summed E-state index contributed by atoms with van der Waals surface area (Å²) >= 11 is 1.66. The first-order chi connectivity index (χ1) is 8.79. The molecule has 0 aliphatic carbocycles. The van der Waals surface area contributed by atoms with E-state index in [1.807, 2.05) is 5.51 Å². The number of rotatable bonds is 6. The second-order valence-corrected chi connectivity index (χ2v) is 5.33. The van der Waals surface area contributed by atoms with Crippen molar-refractivity contribution >= 4 is 11.3 Å². The lowest BCUT2D eigenvalue weighted by molar-refractivity contribution is 0.520. The lowest BCUT2D eigenvalue weighted by atomic mass is 10.0. The first-order valence-corrected chi connectivity index (χ1v) is 7.41. The van der Waals surface area contributed by atoms with Gasteiger partial charge >= 0.3 is 0 Å². The number of hydrogen-bond donors (Lipinski definition) is 1. The van der Waals surface area contributed by atoms with Gasteiger partial charge < -0.3 is 5.32 Å². The van der Waals surface area contributed by atoms with Crippen molar-refractivity contribution in [1.82, 2.24) is 10.3 Å². The van der Waals surface area contributed by atoms with Crippen LogP contribution in [0, 0.1) is 6.92 Å². The van der Waals surface area contributed by atoms with E-state index in [0.29, 0.717) is 6.04 Å². The molecule has 0 aliphatic rings. The van der Waals surface area contributed by atoms with Crippen molar-refractivity contribution in [2.24, 2.45) is 0 Å². The van der Waals surface area contributed by atoms with Crippen LogP contribution in [0.25, 0.3) is 0 Å². The highest BCUT2D eigenvalue weighted by Crippen LogP contribution is 2.19. The minimum atomic E-state index is 0.331. The Hall–Kier alpha value is -1.19. The predicted octanol–water partition coefficient (Wildman–Crippen LogP) is 3.73. The summed E-state index contributed by atoms with van der Waals surface area (Å²) in [5, 5.41) is 5.73. The smallest absolute Gasteiger partial charge is 0.0795 e. The van der Waals surface area contributed by atoms with Gasteiger partial charge in [0.25, 0.3) is 0 Å². The second kappa shape index (κ2) is 6.66. The number of aryl methyl sites for hydroxylation is 1. The molecule has 0 spiro atoms. The molecule has 0 saturated heterocycles. The van der Waals surface area contributed by atoms with Crippen LogP contribution in [0.3, 0.4) is 0 Å². The zero-order valence-electron chi connectivity index (χ0n) is 11.0. The third-order valence-corrected chi connectivity index (χ3v) is 3.58. The molecule has 96 valence electrons. The monoisotopic (exact) mass is 260 g/mol. The summed E-state index contributed by atoms with van der Waals surface area (Å²) < 4.78 is 0. The average Bonchev–Trinajstić information content (AvgIpc) is 2.88. The summed E-state index contributed by atoms with van der Waals surface area (Å²) in [7, 11) is 0. The van der Waals surface area contributed by atoms with Crippen LogP contribution in [0.15, 0.2) is 35.2 Å². The number of thiazole rings is 1. The number of nitrogens with zero attached hydrogens (tertiary/aromatic N) is 1. The van der Waals surface area contributed by atoms with Crippen molar-refractivity contribution in [2.45, 2.75) is 32.7 Å². The van der Waals surface area contributed by atoms with E-state index in [0.717, 1.165) is 25.1 Å². The van der Waals surface area contributed by atoms with E-state index >= 15 is 0 Å². The van der Waals surface area contributed by atoms with E-state index in [-0.39, 0.29) is 0 Å². The van der Waals surface area contributed by atoms with Gasteiger partial charge in [-0.15, -0.1) is 11.3 Å². The molecular formula is C15H20N2S. The van der Waals surface area contributed by atoms with Crippen molar-refractivity contribution in [2.75, 3.05) is 6.54 Å². The molecule has 0 aliphatic heterocycles. The van der Waals surface area contributed by atoms with Gasteiger partial charge in [0, 0.05) is 5.38 Å². The molecular weight excluding hydrogens is 240 g/mol. The van der Waals surface area contributed by atoms with Crippen molar-refractivity contribution in [1.29, 1.82) is 0 Å². The van der Waals surface area contributed by atoms with Crippen LogP contribution in [0.4, 0.5) is 0 Å². The minimum absolute atomic E-state index is 0.331. The molecule has 0 fully saturated rings. The second-order valence-electron chi connectivity index (χ2n) is 4.61. The average molecular weight is 260 g/mol. The number of nitrogens with one attached hydrogen (secondary N) is 1. The fourth-order valence-corrected chi connectivity index (χ4v) is 2.68. The van der Waals surface area contributed by atoms with Gasteiger partial charge in [0.2, 0.25) is 0 Å². The van der Waals surface area contributed by atoms with Crippen LogP contribution in [0.5, 0.6) is 0 Å². The molecule has 1 aromatic carbocycles. The highest BCUT2D eigenvalue weighted by atomic mass is 32.1. The van der Waals surface area contributed by atoms with Crippen LogP contribution < -0.4 is 5.32 Å². The Morgan fingerprint density at radius 1 is 1.39 bits per heavy atom. The van der Waals surface area contributed by atoms with Gasteiger partial charge in [0.1, 0.15) is 0 Å². The standard InChI is InChI=1S/C15H20N2S/c1-3-7-16-14(15-10-18-11-17-15)9-13-6-4-5-12(2)8-13/h4-6,8,10-11,14,16H,3,7,9H2,1-2H3. The van der Waals surface area contributed by atoms with Crippen molar-refractivity contribution < 1.29 is 0 Å². The van der Waals surface area contributed by atoms with Crippen LogP contribution in [0.1, 0.15) is 36.2 Å². The Morgan fingerprint density at radius 3 is 2.94 bits per heavy atom. The summed E-state index contributed by atoms with van der Waals surface area (Å²) in [5.74, 6) is 0. The molecule has 1 heterocycles. The molecule has 0 radical (unpaired) electrons. The summed E-state index contributed by atoms with van der Waals surface area (Å²) in [6.45, 7) is 5.37. The molecule has 2 nitrogen and oxygen atoms in total. The van der Waals surface area contributed by atoms with Crippen LogP contribution in [-0.2, 0) is 6.42 Å². The Morgan fingerprint density at radius 2 is 2.28 bits per heavy atom. The molecule has 0 amide bonds. The molecule has 2 rings (SSSR count). The molecule has 1 N–H and O–H groups in total. The number of hydrogen-bond acceptors (Lipinski definition) is 3. The minimum Gasteiger partial charge on any atom is -0.308 e. The van der Waals surface area contributed by atoms with E-state index in [4.69, 9.17) is 0 Å².